The molecule has 0 aromatic heterocycles. The Bertz CT molecular complexity index is 1150. The molecule has 0 unspecified atom stereocenters. The lowest BCUT2D eigenvalue weighted by Crippen LogP contribution is -2.48. The van der Waals surface area contributed by atoms with Gasteiger partial charge in [0.2, 0.25) is 0 Å². The Morgan fingerprint density at radius 3 is 2.04 bits per heavy atom. The number of carbonyl (C=O) groups excluding carboxylic acids is 2. The van der Waals surface area contributed by atoms with Crippen LogP contribution >= 0.6 is 0 Å². The highest BCUT2D eigenvalue weighted by atomic mass is 28.4. The Hall–Kier alpha value is -1.66. The van der Waals surface area contributed by atoms with E-state index in [0.717, 1.165) is 17.6 Å². The van der Waals surface area contributed by atoms with Crippen LogP contribution in [0.4, 0.5) is 0 Å². The molecule has 1 aliphatic heterocycles. The van der Waals surface area contributed by atoms with E-state index in [4.69, 9.17) is 32.8 Å². The monoisotopic (exact) mass is 736 g/mol. The van der Waals surface area contributed by atoms with Gasteiger partial charge in [0, 0.05) is 50.7 Å². The summed E-state index contributed by atoms with van der Waals surface area (Å²) in [5, 5.41) is 0.0177. The lowest BCUT2D eigenvalue weighted by atomic mass is 9.83. The van der Waals surface area contributed by atoms with Crippen LogP contribution in [-0.4, -0.2) is 85.6 Å². The molecular formula is C41H72O9Si. The zero-order chi connectivity index (χ0) is 38.6. The van der Waals surface area contributed by atoms with Crippen LogP contribution in [0.1, 0.15) is 100.0 Å². The Kier molecular flexibility index (Phi) is 18.5. The summed E-state index contributed by atoms with van der Waals surface area (Å²) >= 11 is 0. The van der Waals surface area contributed by atoms with Gasteiger partial charge in [-0.25, -0.2) is 0 Å². The van der Waals surface area contributed by atoms with Gasteiger partial charge in [0.25, 0.3) is 0 Å². The van der Waals surface area contributed by atoms with Crippen LogP contribution in [0, 0.1) is 29.1 Å². The number of aldehydes is 1. The fourth-order valence-electron chi connectivity index (χ4n) is 6.56. The fourth-order valence-corrected chi connectivity index (χ4v) is 7.98. The van der Waals surface area contributed by atoms with E-state index < -0.39 is 8.32 Å². The van der Waals surface area contributed by atoms with Crippen molar-refractivity contribution in [1.82, 2.24) is 0 Å². The molecule has 1 heterocycles. The number of hydrogen-bond donors (Lipinski definition) is 0. The van der Waals surface area contributed by atoms with E-state index in [2.05, 4.69) is 68.5 Å². The summed E-state index contributed by atoms with van der Waals surface area (Å²) in [6.45, 7) is 25.5. The first-order valence-corrected chi connectivity index (χ1v) is 21.9. The third-order valence-corrected chi connectivity index (χ3v) is 15.9. The number of Topliss-reactive ketones (excluding diaryl/α,β-unsaturated/α-hetero) is 1. The van der Waals surface area contributed by atoms with E-state index in [1.165, 1.54) is 0 Å². The van der Waals surface area contributed by atoms with Crippen molar-refractivity contribution in [3.8, 4) is 5.75 Å². The largest absolute Gasteiger partial charge is 0.497 e. The lowest BCUT2D eigenvalue weighted by molar-refractivity contribution is -0.231. The molecule has 0 aliphatic carbocycles. The van der Waals surface area contributed by atoms with E-state index in [9.17, 15) is 9.59 Å². The standard InChI is InChI=1S/C41H72O9Si/c1-28(36(46-12)24-37(31(4)35(45-11)21-22-42)50-51(13,14)40(5,6)7)15-20-34(43)30(3)39(47-25-32-16-18-33(44-10)19-17-32)29(2)23-38-48-26-41(8,9)27-49-38/h16-19,22,28-31,35-39H,15,20-21,23-27H2,1-14H3/t28-,29+,30-,31-,35+,36+,37+,39+/m0/s1. The first-order valence-electron chi connectivity index (χ1n) is 19.0. The second kappa shape index (κ2) is 20.7. The van der Waals surface area contributed by atoms with E-state index >= 15 is 0 Å². The van der Waals surface area contributed by atoms with Gasteiger partial charge in [0.05, 0.1) is 51.3 Å². The number of rotatable bonds is 23. The number of ether oxygens (including phenoxy) is 6. The maximum absolute atomic E-state index is 13.9. The smallest absolute Gasteiger partial charge is 0.192 e. The van der Waals surface area contributed by atoms with Crippen LogP contribution in [0.3, 0.4) is 0 Å². The molecule has 0 amide bonds. The summed E-state index contributed by atoms with van der Waals surface area (Å²) < 4.78 is 42.9. The molecule has 1 aromatic rings. The molecule has 1 saturated heterocycles. The van der Waals surface area contributed by atoms with E-state index in [1.807, 2.05) is 31.2 Å². The van der Waals surface area contributed by atoms with Gasteiger partial charge < -0.3 is 37.6 Å². The van der Waals surface area contributed by atoms with Crippen molar-refractivity contribution in [3.63, 3.8) is 0 Å². The minimum Gasteiger partial charge on any atom is -0.497 e. The maximum atomic E-state index is 13.9. The fraction of sp³-hybridized carbons (Fsp3) is 0.805. The van der Waals surface area contributed by atoms with Crippen LogP contribution < -0.4 is 4.74 Å². The van der Waals surface area contributed by atoms with Gasteiger partial charge >= 0.3 is 0 Å². The molecule has 0 saturated carbocycles. The van der Waals surface area contributed by atoms with Gasteiger partial charge in [-0.05, 0) is 60.5 Å². The molecule has 0 radical (unpaired) electrons. The van der Waals surface area contributed by atoms with Crippen molar-refractivity contribution < 1.29 is 42.4 Å². The van der Waals surface area contributed by atoms with Crippen LogP contribution in [0.5, 0.6) is 5.75 Å². The zero-order valence-electron chi connectivity index (χ0n) is 34.4. The first-order chi connectivity index (χ1) is 23.8. The molecule has 1 fully saturated rings. The van der Waals surface area contributed by atoms with Crippen molar-refractivity contribution in [2.24, 2.45) is 29.1 Å². The molecule has 0 spiro atoms. The molecule has 9 nitrogen and oxygen atoms in total. The van der Waals surface area contributed by atoms with Gasteiger partial charge in [-0.1, -0.05) is 74.4 Å². The summed E-state index contributed by atoms with van der Waals surface area (Å²) in [6.07, 6.45) is 2.43. The predicted octanol–water partition coefficient (Wildman–Crippen LogP) is 8.66. The number of benzene rings is 1. The quantitative estimate of drug-likeness (QED) is 0.0808. The summed E-state index contributed by atoms with van der Waals surface area (Å²) in [6, 6.07) is 7.83. The average molecular weight is 737 g/mol. The molecule has 2 rings (SSSR count). The molecule has 294 valence electrons. The Labute approximate surface area is 311 Å². The Morgan fingerprint density at radius 1 is 0.941 bits per heavy atom. The normalized spacial score (nSPS) is 20.4. The van der Waals surface area contributed by atoms with Crippen molar-refractivity contribution >= 4 is 20.4 Å². The SMILES string of the molecule is COc1ccc(CO[C@H]([C@H](C)CC2OCC(C)(C)CO2)[C@@H](C)C(=O)CC[C@H](C)[C@@H](C[C@@H](O[Si](C)(C)C(C)(C)C)[C@@H](C)[C@@H](CC=O)OC)OC)cc1. The molecule has 1 aliphatic rings. The van der Waals surface area contributed by atoms with Gasteiger partial charge in [-0.2, -0.15) is 0 Å². The van der Waals surface area contributed by atoms with Gasteiger partial charge in [0.15, 0.2) is 14.6 Å². The highest BCUT2D eigenvalue weighted by Crippen LogP contribution is 2.40. The molecule has 0 N–H and O–H groups in total. The Morgan fingerprint density at radius 2 is 1.53 bits per heavy atom. The number of ketones is 1. The van der Waals surface area contributed by atoms with Crippen molar-refractivity contribution in [2.75, 3.05) is 34.5 Å². The minimum atomic E-state index is -2.15. The molecule has 1 aromatic carbocycles. The number of carbonyl (C=O) groups is 2. The van der Waals surface area contributed by atoms with E-state index in [1.54, 1.807) is 21.3 Å². The number of hydrogen-bond acceptors (Lipinski definition) is 9. The van der Waals surface area contributed by atoms with Crippen molar-refractivity contribution in [3.05, 3.63) is 29.8 Å². The van der Waals surface area contributed by atoms with Crippen LogP contribution in [0.25, 0.3) is 0 Å². The zero-order valence-corrected chi connectivity index (χ0v) is 35.4. The highest BCUT2D eigenvalue weighted by molar-refractivity contribution is 6.74. The van der Waals surface area contributed by atoms with Gasteiger partial charge in [0.1, 0.15) is 17.8 Å². The molecule has 51 heavy (non-hydrogen) atoms. The second-order valence-electron chi connectivity index (χ2n) is 17.3. The number of methoxy groups -OCH3 is 3. The molecular weight excluding hydrogens is 665 g/mol. The van der Waals surface area contributed by atoms with Crippen LogP contribution in [0.15, 0.2) is 24.3 Å². The minimum absolute atomic E-state index is 0.0140. The van der Waals surface area contributed by atoms with Gasteiger partial charge in [-0.3, -0.25) is 4.79 Å². The van der Waals surface area contributed by atoms with Crippen LogP contribution in [0.2, 0.25) is 18.1 Å². The summed E-state index contributed by atoms with van der Waals surface area (Å²) in [4.78, 5) is 25.4. The first kappa shape index (κ1) is 45.5. The van der Waals surface area contributed by atoms with Crippen molar-refractivity contribution in [1.29, 1.82) is 0 Å². The third-order valence-electron chi connectivity index (χ3n) is 11.4. The lowest BCUT2D eigenvalue weighted by Gasteiger charge is -2.43. The van der Waals surface area contributed by atoms with E-state index in [0.29, 0.717) is 51.9 Å². The highest BCUT2D eigenvalue weighted by Gasteiger charge is 2.42. The summed E-state index contributed by atoms with van der Waals surface area (Å²) in [5.74, 6) is 0.729. The van der Waals surface area contributed by atoms with E-state index in [-0.39, 0.29) is 70.6 Å². The molecule has 10 heteroatoms. The topological polar surface area (TPSA) is 98.8 Å². The predicted molar refractivity (Wildman–Crippen MR) is 206 cm³/mol. The van der Waals surface area contributed by atoms with Gasteiger partial charge in [-0.15, -0.1) is 0 Å². The van der Waals surface area contributed by atoms with Crippen LogP contribution in [-0.2, 0) is 44.3 Å². The molecule has 8 atom stereocenters. The third kappa shape index (κ3) is 14.3. The second-order valence-corrected chi connectivity index (χ2v) is 22.0. The summed E-state index contributed by atoms with van der Waals surface area (Å²) in [5.41, 5.74) is 1.00. The summed E-state index contributed by atoms with van der Waals surface area (Å²) in [7, 11) is 2.89. The Balaban J connectivity index is 2.18. The van der Waals surface area contributed by atoms with Crippen molar-refractivity contribution in [2.45, 2.75) is 150 Å². The molecule has 0 bridgehead atoms. The maximum Gasteiger partial charge on any atom is 0.192 e. The average Bonchev–Trinajstić information content (AvgIpc) is 3.08.